The minimum atomic E-state index is -3.53. The van der Waals surface area contributed by atoms with Gasteiger partial charge in [-0.25, -0.2) is 17.6 Å². The van der Waals surface area contributed by atoms with Crippen molar-refractivity contribution in [3.8, 4) is 0 Å². The molecule has 0 aliphatic rings. The molecule has 0 spiro atoms. The zero-order chi connectivity index (χ0) is 9.07. The fourth-order valence-electron chi connectivity index (χ4n) is 0.360. The molecule has 1 N–H and O–H groups in total. The summed E-state index contributed by atoms with van der Waals surface area (Å²) < 4.78 is 46.9. The summed E-state index contributed by atoms with van der Waals surface area (Å²) >= 11 is 0. The predicted molar refractivity (Wildman–Crippen MR) is 28.0 cm³/mol. The normalized spacial score (nSPS) is 12.1. The van der Waals surface area contributed by atoms with Crippen molar-refractivity contribution in [2.24, 2.45) is 5.41 Å². The molecule has 2 nitrogen and oxygen atoms in total. The van der Waals surface area contributed by atoms with Gasteiger partial charge in [0.15, 0.2) is 5.41 Å². The first-order valence-corrected chi connectivity index (χ1v) is 2.64. The maximum Gasteiger partial charge on any atom is 0.320 e. The van der Waals surface area contributed by atoms with Crippen molar-refractivity contribution in [2.75, 3.05) is 13.3 Å². The quantitative estimate of drug-likeness (QED) is 0.651. The van der Waals surface area contributed by atoms with Crippen LogP contribution >= 0.6 is 0 Å². The van der Waals surface area contributed by atoms with E-state index in [1.165, 1.54) is 0 Å². The number of aliphatic carboxylic acids is 1. The lowest BCUT2D eigenvalue weighted by Gasteiger charge is -2.20. The van der Waals surface area contributed by atoms with Gasteiger partial charge in [0.05, 0.1) is 0 Å². The number of rotatable bonds is 4. The number of alkyl halides is 4. The smallest absolute Gasteiger partial charge is 0.320 e. The zero-order valence-corrected chi connectivity index (χ0v) is 5.36. The van der Waals surface area contributed by atoms with Crippen LogP contribution in [0.15, 0.2) is 0 Å². The summed E-state index contributed by atoms with van der Waals surface area (Å²) in [5, 5.41) is 8.03. The molecule has 11 heavy (non-hydrogen) atoms. The van der Waals surface area contributed by atoms with E-state index in [1.54, 1.807) is 0 Å². The molecule has 0 radical (unpaired) electrons. The summed E-state index contributed by atoms with van der Waals surface area (Å²) in [4.78, 5) is 9.96. The highest BCUT2D eigenvalue weighted by molar-refractivity contribution is 5.75. The summed E-state index contributed by atoms with van der Waals surface area (Å²) in [5.41, 5.74) is -3.17. The van der Waals surface area contributed by atoms with Gasteiger partial charge in [-0.2, -0.15) is 0 Å². The Morgan fingerprint density at radius 3 is 1.73 bits per heavy atom. The van der Waals surface area contributed by atoms with Gasteiger partial charge in [-0.15, -0.1) is 0 Å². The van der Waals surface area contributed by atoms with Crippen LogP contribution in [0.2, 0.25) is 0 Å². The number of carboxylic acids is 1. The minimum absolute atomic E-state index is 1.91. The summed E-state index contributed by atoms with van der Waals surface area (Å²) in [6.45, 7) is -3.81. The van der Waals surface area contributed by atoms with Crippen LogP contribution in [0, 0.1) is 5.41 Å². The number of hydrogen-bond donors (Lipinski definition) is 1. The molecule has 0 aromatic heterocycles. The Labute approximate surface area is 59.8 Å². The minimum Gasteiger partial charge on any atom is -0.481 e. The van der Waals surface area contributed by atoms with Gasteiger partial charge in [-0.05, 0) is 0 Å². The highest BCUT2D eigenvalue weighted by Gasteiger charge is 2.48. The van der Waals surface area contributed by atoms with Crippen molar-refractivity contribution in [1.82, 2.24) is 0 Å². The fraction of sp³-hybridized carbons (Fsp3) is 0.800. The van der Waals surface area contributed by atoms with Gasteiger partial charge in [-0.1, -0.05) is 0 Å². The molecule has 0 unspecified atom stereocenters. The second kappa shape index (κ2) is 3.54. The van der Waals surface area contributed by atoms with E-state index < -0.39 is 31.2 Å². The van der Waals surface area contributed by atoms with Crippen molar-refractivity contribution < 1.29 is 27.5 Å². The monoisotopic (exact) mass is 174 g/mol. The first-order valence-electron chi connectivity index (χ1n) is 2.64. The average molecular weight is 174 g/mol. The average Bonchev–Trinajstić information content (AvgIpc) is 1.90. The number of carboxylic acid groups (broad SMARTS) is 1. The first kappa shape index (κ1) is 10.2. The van der Waals surface area contributed by atoms with Crippen molar-refractivity contribution in [3.63, 3.8) is 0 Å². The maximum absolute atomic E-state index is 11.7. The van der Waals surface area contributed by atoms with E-state index in [-0.39, 0.29) is 0 Å². The van der Waals surface area contributed by atoms with E-state index in [1.807, 2.05) is 0 Å². The predicted octanol–water partition coefficient (Wildman–Crippen LogP) is 1.26. The molecule has 0 aliphatic heterocycles. The van der Waals surface area contributed by atoms with E-state index in [0.717, 1.165) is 0 Å². The van der Waals surface area contributed by atoms with Gasteiger partial charge in [-0.3, -0.25) is 4.79 Å². The Morgan fingerprint density at radius 1 is 1.36 bits per heavy atom. The van der Waals surface area contributed by atoms with Crippen LogP contribution in [0.3, 0.4) is 0 Å². The molecule has 0 atom stereocenters. The molecule has 0 saturated carbocycles. The molecule has 6 heteroatoms. The molecule has 0 heterocycles. The molecule has 0 aromatic rings. The Balaban J connectivity index is 4.61. The maximum atomic E-state index is 11.7. The lowest BCUT2D eigenvalue weighted by molar-refractivity contribution is -0.163. The number of hydrogen-bond acceptors (Lipinski definition) is 1. The van der Waals surface area contributed by atoms with Crippen molar-refractivity contribution in [3.05, 3.63) is 0 Å². The third-order valence-corrected chi connectivity index (χ3v) is 1.32. The summed E-state index contributed by atoms with van der Waals surface area (Å²) in [6, 6.07) is 0. The molecular formula is C5H6F4O2. The van der Waals surface area contributed by atoms with E-state index in [2.05, 4.69) is 0 Å². The van der Waals surface area contributed by atoms with Crippen LogP contribution in [0.4, 0.5) is 17.6 Å². The zero-order valence-electron chi connectivity index (χ0n) is 5.36. The Bertz CT molecular complexity index is 143. The summed E-state index contributed by atoms with van der Waals surface area (Å²) in [7, 11) is 0. The van der Waals surface area contributed by atoms with Crippen molar-refractivity contribution >= 4 is 5.97 Å². The SMILES string of the molecule is O=C(O)C(CF)(CF)C(F)F. The van der Waals surface area contributed by atoms with Gasteiger partial charge in [0.25, 0.3) is 6.43 Å². The van der Waals surface area contributed by atoms with Crippen LogP contribution in [-0.4, -0.2) is 30.9 Å². The highest BCUT2D eigenvalue weighted by atomic mass is 19.3. The van der Waals surface area contributed by atoms with Crippen LogP contribution in [0.1, 0.15) is 0 Å². The molecule has 0 fully saturated rings. The molecule has 0 saturated heterocycles. The molecular weight excluding hydrogens is 168 g/mol. The molecule has 66 valence electrons. The van der Waals surface area contributed by atoms with Crippen LogP contribution < -0.4 is 0 Å². The van der Waals surface area contributed by atoms with Crippen molar-refractivity contribution in [2.45, 2.75) is 6.43 Å². The third-order valence-electron chi connectivity index (χ3n) is 1.32. The summed E-state index contributed by atoms with van der Waals surface area (Å²) in [5.74, 6) is -2.16. The molecule has 0 amide bonds. The van der Waals surface area contributed by atoms with E-state index >= 15 is 0 Å². The van der Waals surface area contributed by atoms with Gasteiger partial charge < -0.3 is 5.11 Å². The van der Waals surface area contributed by atoms with E-state index in [4.69, 9.17) is 5.11 Å². The molecule has 0 aliphatic carbocycles. The number of carbonyl (C=O) groups is 1. The van der Waals surface area contributed by atoms with Gasteiger partial charge >= 0.3 is 5.97 Å². The highest BCUT2D eigenvalue weighted by Crippen LogP contribution is 2.27. The summed E-state index contributed by atoms with van der Waals surface area (Å²) in [6.07, 6.45) is -3.53. The second-order valence-corrected chi connectivity index (χ2v) is 2.03. The topological polar surface area (TPSA) is 37.3 Å². The van der Waals surface area contributed by atoms with E-state index in [0.29, 0.717) is 0 Å². The number of halogens is 4. The lowest BCUT2D eigenvalue weighted by Crippen LogP contribution is -2.42. The lowest BCUT2D eigenvalue weighted by atomic mass is 9.92. The van der Waals surface area contributed by atoms with Crippen molar-refractivity contribution in [1.29, 1.82) is 0 Å². The fourth-order valence-corrected chi connectivity index (χ4v) is 0.360. The van der Waals surface area contributed by atoms with Gasteiger partial charge in [0.2, 0.25) is 0 Å². The van der Waals surface area contributed by atoms with E-state index in [9.17, 15) is 22.4 Å². The molecule has 0 rings (SSSR count). The largest absolute Gasteiger partial charge is 0.481 e. The Morgan fingerprint density at radius 2 is 1.73 bits per heavy atom. The van der Waals surface area contributed by atoms with Crippen LogP contribution in [0.25, 0.3) is 0 Å². The molecule has 0 aromatic carbocycles. The Kier molecular flexibility index (Phi) is 3.28. The Hall–Kier alpha value is -0.810. The standard InChI is InChI=1S/C5H6F4O2/c6-1-5(2-7,3(8)9)4(10)11/h3H,1-2H2,(H,10,11). The third kappa shape index (κ3) is 1.61. The van der Waals surface area contributed by atoms with Gasteiger partial charge in [0.1, 0.15) is 13.3 Å². The second-order valence-electron chi connectivity index (χ2n) is 2.03. The van der Waals surface area contributed by atoms with Gasteiger partial charge in [0, 0.05) is 0 Å². The van der Waals surface area contributed by atoms with Crippen LogP contribution in [0.5, 0.6) is 0 Å². The first-order chi connectivity index (χ1) is 5.01. The van der Waals surface area contributed by atoms with Crippen LogP contribution in [-0.2, 0) is 4.79 Å². The molecule has 0 bridgehead atoms.